The summed E-state index contributed by atoms with van der Waals surface area (Å²) in [4.78, 5) is 12.1. The fourth-order valence-corrected chi connectivity index (χ4v) is 2.25. The standard InChI is InChI=1S/C18H21FN2O/c1-13(20)7-12-17(22)21-18(14-5-3-2-4-6-14)15-8-10-16(19)11-9-15/h2-6,8-11,13,18H,7,12,20H2,1H3,(H,21,22). The molecular weight excluding hydrogens is 279 g/mol. The van der Waals surface area contributed by atoms with E-state index in [4.69, 9.17) is 5.73 Å². The predicted octanol–water partition coefficient (Wildman–Crippen LogP) is 3.16. The first-order valence-corrected chi connectivity index (χ1v) is 7.41. The van der Waals surface area contributed by atoms with Crippen LogP contribution in [0.3, 0.4) is 0 Å². The van der Waals surface area contributed by atoms with Crippen molar-refractivity contribution in [2.75, 3.05) is 0 Å². The van der Waals surface area contributed by atoms with Crippen molar-refractivity contribution in [2.45, 2.75) is 31.8 Å². The van der Waals surface area contributed by atoms with Crippen LogP contribution in [0.1, 0.15) is 36.9 Å². The molecule has 0 fully saturated rings. The average molecular weight is 300 g/mol. The van der Waals surface area contributed by atoms with Crippen molar-refractivity contribution < 1.29 is 9.18 Å². The summed E-state index contributed by atoms with van der Waals surface area (Å²) in [5.41, 5.74) is 7.50. The number of nitrogens with one attached hydrogen (secondary N) is 1. The molecule has 0 aliphatic carbocycles. The molecule has 0 bridgehead atoms. The number of amides is 1. The highest BCUT2D eigenvalue weighted by atomic mass is 19.1. The molecular formula is C18H21FN2O. The summed E-state index contributed by atoms with van der Waals surface area (Å²) in [6.07, 6.45) is 1.01. The van der Waals surface area contributed by atoms with E-state index >= 15 is 0 Å². The molecule has 116 valence electrons. The molecule has 4 heteroatoms. The maximum absolute atomic E-state index is 13.1. The van der Waals surface area contributed by atoms with Gasteiger partial charge in [-0.25, -0.2) is 4.39 Å². The van der Waals surface area contributed by atoms with Gasteiger partial charge in [0.25, 0.3) is 0 Å². The van der Waals surface area contributed by atoms with Crippen molar-refractivity contribution in [3.05, 3.63) is 71.5 Å². The van der Waals surface area contributed by atoms with E-state index in [9.17, 15) is 9.18 Å². The number of carbonyl (C=O) groups excluding carboxylic acids is 1. The molecule has 0 aliphatic rings. The maximum atomic E-state index is 13.1. The van der Waals surface area contributed by atoms with Crippen LogP contribution in [-0.2, 0) is 4.79 Å². The first kappa shape index (κ1) is 16.2. The molecule has 0 radical (unpaired) electrons. The van der Waals surface area contributed by atoms with Gasteiger partial charge in [-0.3, -0.25) is 4.79 Å². The molecule has 2 aromatic carbocycles. The number of rotatable bonds is 6. The molecule has 0 aromatic heterocycles. The van der Waals surface area contributed by atoms with Crippen LogP contribution in [-0.4, -0.2) is 11.9 Å². The minimum Gasteiger partial charge on any atom is -0.345 e. The Morgan fingerprint density at radius 2 is 1.68 bits per heavy atom. The molecule has 0 heterocycles. The number of nitrogens with two attached hydrogens (primary N) is 1. The Kier molecular flexibility index (Phi) is 5.67. The van der Waals surface area contributed by atoms with Gasteiger partial charge in [0.15, 0.2) is 0 Å². The van der Waals surface area contributed by atoms with E-state index in [-0.39, 0.29) is 23.8 Å². The third kappa shape index (κ3) is 4.67. The first-order valence-electron chi connectivity index (χ1n) is 7.41. The van der Waals surface area contributed by atoms with Crippen LogP contribution < -0.4 is 11.1 Å². The van der Waals surface area contributed by atoms with Crippen LogP contribution in [0.4, 0.5) is 4.39 Å². The summed E-state index contributed by atoms with van der Waals surface area (Å²) < 4.78 is 13.1. The maximum Gasteiger partial charge on any atom is 0.220 e. The Morgan fingerprint density at radius 1 is 1.09 bits per heavy atom. The number of carbonyl (C=O) groups is 1. The molecule has 0 saturated heterocycles. The highest BCUT2D eigenvalue weighted by Crippen LogP contribution is 2.22. The third-order valence-electron chi connectivity index (χ3n) is 3.47. The Morgan fingerprint density at radius 3 is 2.27 bits per heavy atom. The van der Waals surface area contributed by atoms with E-state index in [2.05, 4.69) is 5.32 Å². The fraction of sp³-hybridized carbons (Fsp3) is 0.278. The fourth-order valence-electron chi connectivity index (χ4n) is 2.25. The van der Waals surface area contributed by atoms with Gasteiger partial charge in [0.05, 0.1) is 6.04 Å². The zero-order chi connectivity index (χ0) is 15.9. The van der Waals surface area contributed by atoms with Crippen molar-refractivity contribution in [1.82, 2.24) is 5.32 Å². The Balaban J connectivity index is 2.19. The molecule has 2 unspecified atom stereocenters. The predicted molar refractivity (Wildman–Crippen MR) is 85.7 cm³/mol. The number of halogens is 1. The summed E-state index contributed by atoms with van der Waals surface area (Å²) in [5.74, 6) is -0.352. The number of hydrogen-bond acceptors (Lipinski definition) is 2. The second-order valence-electron chi connectivity index (χ2n) is 5.48. The Bertz CT molecular complexity index is 596. The molecule has 0 saturated carbocycles. The summed E-state index contributed by atoms with van der Waals surface area (Å²) in [5, 5.41) is 3.01. The van der Waals surface area contributed by atoms with E-state index in [0.717, 1.165) is 11.1 Å². The summed E-state index contributed by atoms with van der Waals surface area (Å²) in [6.45, 7) is 1.88. The van der Waals surface area contributed by atoms with E-state index in [0.29, 0.717) is 12.8 Å². The average Bonchev–Trinajstić information content (AvgIpc) is 2.52. The van der Waals surface area contributed by atoms with Crippen LogP contribution in [0, 0.1) is 5.82 Å². The van der Waals surface area contributed by atoms with Gasteiger partial charge in [-0.15, -0.1) is 0 Å². The largest absolute Gasteiger partial charge is 0.345 e. The zero-order valence-electron chi connectivity index (χ0n) is 12.6. The van der Waals surface area contributed by atoms with Crippen LogP contribution >= 0.6 is 0 Å². The lowest BCUT2D eigenvalue weighted by atomic mass is 9.98. The van der Waals surface area contributed by atoms with Crippen molar-refractivity contribution in [3.63, 3.8) is 0 Å². The van der Waals surface area contributed by atoms with Crippen molar-refractivity contribution >= 4 is 5.91 Å². The van der Waals surface area contributed by atoms with Gasteiger partial charge in [0, 0.05) is 12.5 Å². The van der Waals surface area contributed by atoms with Gasteiger partial charge in [-0.05, 0) is 36.6 Å². The van der Waals surface area contributed by atoms with Gasteiger partial charge < -0.3 is 11.1 Å². The SMILES string of the molecule is CC(N)CCC(=O)NC(c1ccccc1)c1ccc(F)cc1. The lowest BCUT2D eigenvalue weighted by Crippen LogP contribution is -2.30. The van der Waals surface area contributed by atoms with Crippen LogP contribution in [0.2, 0.25) is 0 Å². The minimum atomic E-state index is -0.293. The van der Waals surface area contributed by atoms with Gasteiger partial charge in [0.1, 0.15) is 5.82 Å². The first-order chi connectivity index (χ1) is 10.6. The summed E-state index contributed by atoms with van der Waals surface area (Å²) in [6, 6.07) is 15.5. The number of benzene rings is 2. The van der Waals surface area contributed by atoms with Crippen LogP contribution in [0.15, 0.2) is 54.6 Å². The second-order valence-corrected chi connectivity index (χ2v) is 5.48. The lowest BCUT2D eigenvalue weighted by Gasteiger charge is -2.20. The molecule has 2 rings (SSSR count). The molecule has 22 heavy (non-hydrogen) atoms. The van der Waals surface area contributed by atoms with Gasteiger partial charge >= 0.3 is 0 Å². The smallest absolute Gasteiger partial charge is 0.220 e. The molecule has 1 amide bonds. The number of hydrogen-bond donors (Lipinski definition) is 2. The van der Waals surface area contributed by atoms with Gasteiger partial charge in [-0.1, -0.05) is 42.5 Å². The van der Waals surface area contributed by atoms with Crippen molar-refractivity contribution in [2.24, 2.45) is 5.73 Å². The van der Waals surface area contributed by atoms with E-state index in [1.807, 2.05) is 37.3 Å². The molecule has 3 nitrogen and oxygen atoms in total. The molecule has 0 aliphatic heterocycles. The third-order valence-corrected chi connectivity index (χ3v) is 3.47. The monoisotopic (exact) mass is 300 g/mol. The molecule has 0 spiro atoms. The second kappa shape index (κ2) is 7.71. The van der Waals surface area contributed by atoms with Crippen LogP contribution in [0.25, 0.3) is 0 Å². The van der Waals surface area contributed by atoms with Gasteiger partial charge in [-0.2, -0.15) is 0 Å². The van der Waals surface area contributed by atoms with Crippen molar-refractivity contribution in [1.29, 1.82) is 0 Å². The molecule has 2 atom stereocenters. The van der Waals surface area contributed by atoms with Crippen LogP contribution in [0.5, 0.6) is 0 Å². The lowest BCUT2D eigenvalue weighted by molar-refractivity contribution is -0.121. The minimum absolute atomic E-state index is 0.00764. The summed E-state index contributed by atoms with van der Waals surface area (Å²) in [7, 11) is 0. The topological polar surface area (TPSA) is 55.1 Å². The zero-order valence-corrected chi connectivity index (χ0v) is 12.6. The summed E-state index contributed by atoms with van der Waals surface area (Å²) >= 11 is 0. The van der Waals surface area contributed by atoms with E-state index in [1.165, 1.54) is 12.1 Å². The normalized spacial score (nSPS) is 13.4. The Labute approximate surface area is 130 Å². The quantitative estimate of drug-likeness (QED) is 0.861. The highest BCUT2D eigenvalue weighted by molar-refractivity contribution is 5.77. The van der Waals surface area contributed by atoms with Crippen molar-refractivity contribution in [3.8, 4) is 0 Å². The van der Waals surface area contributed by atoms with E-state index < -0.39 is 0 Å². The molecule has 3 N–H and O–H groups in total. The highest BCUT2D eigenvalue weighted by Gasteiger charge is 2.16. The van der Waals surface area contributed by atoms with E-state index in [1.54, 1.807) is 12.1 Å². The van der Waals surface area contributed by atoms with Gasteiger partial charge in [0.2, 0.25) is 5.91 Å². The Hall–Kier alpha value is -2.20. The molecule has 2 aromatic rings.